The molecule has 1 aliphatic rings. The number of halogens is 1. The van der Waals surface area contributed by atoms with E-state index in [9.17, 15) is 10.2 Å². The second-order valence-corrected chi connectivity index (χ2v) is 4.73. The number of nitrogen functional groups attached to an aromatic ring is 1. The van der Waals surface area contributed by atoms with E-state index in [1.165, 1.54) is 6.33 Å². The maximum absolute atomic E-state index is 10.0. The van der Waals surface area contributed by atoms with Crippen LogP contribution in [0.25, 0.3) is 11.0 Å². The summed E-state index contributed by atoms with van der Waals surface area (Å²) in [6.45, 7) is 0. The number of hydrogen-bond donors (Lipinski definition) is 3. The molecule has 0 amide bonds. The summed E-state index contributed by atoms with van der Waals surface area (Å²) < 4.78 is 7.18. The van der Waals surface area contributed by atoms with Gasteiger partial charge in [0.2, 0.25) is 0 Å². The summed E-state index contributed by atoms with van der Waals surface area (Å²) in [5, 5.41) is 20.5. The van der Waals surface area contributed by atoms with Gasteiger partial charge in [-0.3, -0.25) is 0 Å². The van der Waals surface area contributed by atoms with Crippen LogP contribution in [-0.2, 0) is 4.74 Å². The van der Waals surface area contributed by atoms with Gasteiger partial charge in [-0.2, -0.15) is 0 Å². The van der Waals surface area contributed by atoms with Crippen LogP contribution in [0, 0.1) is 0 Å². The van der Waals surface area contributed by atoms with E-state index in [0.29, 0.717) is 16.9 Å². The normalized spacial score (nSPS) is 31.1. The average Bonchev–Trinajstić information content (AvgIpc) is 2.94. The molecule has 7 nitrogen and oxygen atoms in total. The molecule has 0 bridgehead atoms. The lowest BCUT2D eigenvalue weighted by Crippen LogP contribution is -2.32. The molecule has 0 radical (unpaired) electrons. The van der Waals surface area contributed by atoms with Crippen molar-refractivity contribution < 1.29 is 14.9 Å². The van der Waals surface area contributed by atoms with Gasteiger partial charge < -0.3 is 25.3 Å². The number of alkyl halides is 1. The molecule has 2 aromatic rings. The minimum absolute atomic E-state index is 0.102. The number of hydrogen-bond acceptors (Lipinski definition) is 6. The molecule has 0 aromatic carbocycles. The summed E-state index contributed by atoms with van der Waals surface area (Å²) >= 11 is 5.69. The number of ether oxygens (including phenoxy) is 1. The predicted octanol–water partition coefficient (Wildman–Crippen LogP) is -0.129. The molecule has 8 heteroatoms. The molecule has 1 aliphatic heterocycles. The van der Waals surface area contributed by atoms with Gasteiger partial charge in [0.15, 0.2) is 6.23 Å². The van der Waals surface area contributed by atoms with Crippen LogP contribution in [0.4, 0.5) is 5.82 Å². The van der Waals surface area contributed by atoms with E-state index in [2.05, 4.69) is 9.97 Å². The molecule has 4 atom stereocenters. The van der Waals surface area contributed by atoms with Crippen molar-refractivity contribution in [2.24, 2.45) is 0 Å². The van der Waals surface area contributed by atoms with Crippen LogP contribution in [0.3, 0.4) is 0 Å². The van der Waals surface area contributed by atoms with Gasteiger partial charge in [-0.25, -0.2) is 9.97 Å². The van der Waals surface area contributed by atoms with Crippen molar-refractivity contribution in [3.8, 4) is 0 Å². The highest BCUT2D eigenvalue weighted by Gasteiger charge is 2.43. The van der Waals surface area contributed by atoms with Crippen molar-refractivity contribution >= 4 is 28.5 Å². The summed E-state index contributed by atoms with van der Waals surface area (Å²) in [6, 6.07) is 1.74. The Morgan fingerprint density at radius 3 is 2.84 bits per heavy atom. The van der Waals surface area contributed by atoms with E-state index >= 15 is 0 Å². The van der Waals surface area contributed by atoms with Gasteiger partial charge in [0.05, 0.1) is 11.3 Å². The quantitative estimate of drug-likeness (QED) is 0.663. The first-order chi connectivity index (χ1) is 9.13. The highest BCUT2D eigenvalue weighted by molar-refractivity contribution is 6.18. The number of aliphatic hydroxyl groups is 2. The number of aliphatic hydroxyl groups excluding tert-OH is 2. The minimum Gasteiger partial charge on any atom is -0.387 e. The van der Waals surface area contributed by atoms with Gasteiger partial charge >= 0.3 is 0 Å². The Hall–Kier alpha value is -1.41. The Morgan fingerprint density at radius 2 is 2.16 bits per heavy atom. The van der Waals surface area contributed by atoms with Crippen LogP contribution in [0.1, 0.15) is 6.23 Å². The van der Waals surface area contributed by atoms with Crippen LogP contribution in [0.5, 0.6) is 0 Å². The van der Waals surface area contributed by atoms with Crippen molar-refractivity contribution in [2.75, 3.05) is 11.6 Å². The molecule has 0 unspecified atom stereocenters. The van der Waals surface area contributed by atoms with Crippen LogP contribution in [-0.4, -0.2) is 48.9 Å². The third-order valence-electron chi connectivity index (χ3n) is 3.30. The SMILES string of the molecule is Nc1ncnc2c1ccn2[C@@H]1O[C@H](CCl)[C@@H](O)[C@H]1O. The van der Waals surface area contributed by atoms with Gasteiger partial charge in [-0.05, 0) is 6.07 Å². The predicted molar refractivity (Wildman–Crippen MR) is 68.6 cm³/mol. The van der Waals surface area contributed by atoms with E-state index in [1.54, 1.807) is 16.8 Å². The highest BCUT2D eigenvalue weighted by Crippen LogP contribution is 2.32. The number of nitrogens with zero attached hydrogens (tertiary/aromatic N) is 3. The van der Waals surface area contributed by atoms with E-state index in [1.807, 2.05) is 0 Å². The summed E-state index contributed by atoms with van der Waals surface area (Å²) in [4.78, 5) is 8.01. The van der Waals surface area contributed by atoms with Crippen LogP contribution >= 0.6 is 11.6 Å². The first-order valence-corrected chi connectivity index (χ1v) is 6.31. The summed E-state index contributed by atoms with van der Waals surface area (Å²) in [5.41, 5.74) is 6.29. The summed E-state index contributed by atoms with van der Waals surface area (Å²) in [5.74, 6) is 0.455. The lowest BCUT2D eigenvalue weighted by molar-refractivity contribution is -0.0288. The molecule has 1 fully saturated rings. The number of aromatic nitrogens is 3. The molecule has 3 heterocycles. The zero-order valence-electron chi connectivity index (χ0n) is 9.85. The zero-order valence-corrected chi connectivity index (χ0v) is 10.6. The fourth-order valence-electron chi connectivity index (χ4n) is 2.28. The maximum Gasteiger partial charge on any atom is 0.164 e. The van der Waals surface area contributed by atoms with Crippen LogP contribution in [0.2, 0.25) is 0 Å². The molecule has 4 N–H and O–H groups in total. The van der Waals surface area contributed by atoms with Crippen molar-refractivity contribution in [1.82, 2.24) is 14.5 Å². The maximum atomic E-state index is 10.0. The smallest absolute Gasteiger partial charge is 0.164 e. The molecule has 102 valence electrons. The Kier molecular flexibility index (Phi) is 3.06. The van der Waals surface area contributed by atoms with E-state index in [4.69, 9.17) is 22.1 Å². The average molecular weight is 285 g/mol. The Bertz CT molecular complexity index is 605. The molecule has 3 rings (SSSR count). The first kappa shape index (κ1) is 12.6. The topological polar surface area (TPSA) is 106 Å². The lowest BCUT2D eigenvalue weighted by atomic mass is 10.1. The standard InChI is InChI=1S/C11H13ClN4O3/c12-3-6-7(17)8(18)11(19-6)16-2-1-5-9(13)14-4-15-10(5)16/h1-2,4,6-8,11,17-18H,3H2,(H2,13,14,15)/t6-,7-,8-,11-/m1/s1. The van der Waals surface area contributed by atoms with Gasteiger partial charge in [-0.1, -0.05) is 0 Å². The minimum atomic E-state index is -1.07. The highest BCUT2D eigenvalue weighted by atomic mass is 35.5. The van der Waals surface area contributed by atoms with Crippen LogP contribution in [0.15, 0.2) is 18.6 Å². The van der Waals surface area contributed by atoms with Gasteiger partial charge in [0, 0.05) is 6.20 Å². The van der Waals surface area contributed by atoms with Crippen molar-refractivity contribution in [2.45, 2.75) is 24.5 Å². The second kappa shape index (κ2) is 4.61. The number of fused-ring (bicyclic) bond motifs is 1. The zero-order chi connectivity index (χ0) is 13.6. The molecule has 0 aliphatic carbocycles. The molecular formula is C11H13ClN4O3. The largest absolute Gasteiger partial charge is 0.387 e. The molecule has 19 heavy (non-hydrogen) atoms. The fraction of sp³-hybridized carbons (Fsp3) is 0.455. The van der Waals surface area contributed by atoms with E-state index in [0.717, 1.165) is 0 Å². The summed E-state index contributed by atoms with van der Waals surface area (Å²) in [6.07, 6.45) is -0.434. The molecular weight excluding hydrogens is 272 g/mol. The number of rotatable bonds is 2. The second-order valence-electron chi connectivity index (χ2n) is 4.42. The summed E-state index contributed by atoms with van der Waals surface area (Å²) in [7, 11) is 0. The van der Waals surface area contributed by atoms with Crippen molar-refractivity contribution in [3.63, 3.8) is 0 Å². The Balaban J connectivity index is 2.04. The van der Waals surface area contributed by atoms with Crippen molar-refractivity contribution in [3.05, 3.63) is 18.6 Å². The number of nitrogens with two attached hydrogens (primary N) is 1. The van der Waals surface area contributed by atoms with E-state index in [-0.39, 0.29) is 5.88 Å². The Labute approximate surface area is 113 Å². The first-order valence-electron chi connectivity index (χ1n) is 5.78. The molecule has 0 spiro atoms. The third kappa shape index (κ3) is 1.86. The monoisotopic (exact) mass is 284 g/mol. The number of anilines is 1. The Morgan fingerprint density at radius 1 is 1.37 bits per heavy atom. The van der Waals surface area contributed by atoms with Gasteiger partial charge in [0.1, 0.15) is 36.1 Å². The van der Waals surface area contributed by atoms with Gasteiger partial charge in [0.25, 0.3) is 0 Å². The fourth-order valence-corrected chi connectivity index (χ4v) is 2.54. The third-order valence-corrected chi connectivity index (χ3v) is 3.61. The molecule has 2 aromatic heterocycles. The molecule has 1 saturated heterocycles. The van der Waals surface area contributed by atoms with Crippen LogP contribution < -0.4 is 5.73 Å². The van der Waals surface area contributed by atoms with E-state index < -0.39 is 24.5 Å². The molecule has 0 saturated carbocycles. The lowest BCUT2D eigenvalue weighted by Gasteiger charge is -2.17. The van der Waals surface area contributed by atoms with Gasteiger partial charge in [-0.15, -0.1) is 11.6 Å². The van der Waals surface area contributed by atoms with Crippen molar-refractivity contribution in [1.29, 1.82) is 0 Å².